The molecule has 0 spiro atoms. The maximum Gasteiger partial charge on any atom is 0.241 e. The molecule has 3 nitrogen and oxygen atoms in total. The van der Waals surface area contributed by atoms with E-state index in [0.717, 1.165) is 21.3 Å². The summed E-state index contributed by atoms with van der Waals surface area (Å²) in [7, 11) is 0. The van der Waals surface area contributed by atoms with Crippen molar-refractivity contribution in [1.29, 1.82) is 0 Å². The quantitative estimate of drug-likeness (QED) is 0.902. The second-order valence-electron chi connectivity index (χ2n) is 4.70. The zero-order valence-electron chi connectivity index (χ0n) is 11.3. The molecule has 2 rings (SSSR count). The first kappa shape index (κ1) is 14.8. The third-order valence-corrected chi connectivity index (χ3v) is 4.02. The predicted molar refractivity (Wildman–Crippen MR) is 85.6 cm³/mol. The Bertz CT molecular complexity index is 599. The highest BCUT2D eigenvalue weighted by Gasteiger charge is 2.15. The first-order chi connectivity index (χ1) is 9.58. The van der Waals surface area contributed by atoms with Crippen molar-refractivity contribution >= 4 is 27.5 Å². The van der Waals surface area contributed by atoms with Crippen molar-refractivity contribution in [3.05, 3.63) is 64.1 Å². The number of benzene rings is 2. The van der Waals surface area contributed by atoms with E-state index in [-0.39, 0.29) is 5.91 Å². The average molecular weight is 333 g/mol. The predicted octanol–water partition coefficient (Wildman–Crippen LogP) is 3.27. The zero-order chi connectivity index (χ0) is 14.5. The molecule has 0 fully saturated rings. The summed E-state index contributed by atoms with van der Waals surface area (Å²) in [4.78, 5) is 12.1. The number of hydrogen-bond acceptors (Lipinski definition) is 2. The van der Waals surface area contributed by atoms with E-state index in [1.165, 1.54) is 0 Å². The molecule has 0 aliphatic rings. The first-order valence-electron chi connectivity index (χ1n) is 6.43. The molecule has 3 N–H and O–H groups in total. The summed E-state index contributed by atoms with van der Waals surface area (Å²) in [5, 5.41) is 2.88. The first-order valence-corrected chi connectivity index (χ1v) is 7.22. The fourth-order valence-electron chi connectivity index (χ4n) is 1.93. The third-order valence-electron chi connectivity index (χ3n) is 3.16. The summed E-state index contributed by atoms with van der Waals surface area (Å²) in [5.41, 5.74) is 8.80. The second-order valence-corrected chi connectivity index (χ2v) is 5.55. The summed E-state index contributed by atoms with van der Waals surface area (Å²) >= 11 is 3.44. The number of rotatable bonds is 4. The molecule has 0 saturated carbocycles. The Morgan fingerprint density at radius 1 is 1.20 bits per heavy atom. The number of anilines is 1. The van der Waals surface area contributed by atoms with Crippen LogP contribution in [0.1, 0.15) is 11.1 Å². The van der Waals surface area contributed by atoms with E-state index in [1.807, 2.05) is 55.5 Å². The maximum atomic E-state index is 12.1. The lowest BCUT2D eigenvalue weighted by atomic mass is 10.1. The molecule has 0 heterocycles. The Balaban J connectivity index is 2.03. The van der Waals surface area contributed by atoms with Gasteiger partial charge in [0.1, 0.15) is 0 Å². The largest absolute Gasteiger partial charge is 0.324 e. The van der Waals surface area contributed by atoms with Crippen molar-refractivity contribution in [2.75, 3.05) is 5.32 Å². The maximum absolute atomic E-state index is 12.1. The molecule has 0 aromatic heterocycles. The van der Waals surface area contributed by atoms with Crippen molar-refractivity contribution in [3.8, 4) is 0 Å². The SMILES string of the molecule is Cc1c(Br)cccc1NC(=O)C(N)Cc1ccccc1. The fourth-order valence-corrected chi connectivity index (χ4v) is 2.30. The van der Waals surface area contributed by atoms with Gasteiger partial charge >= 0.3 is 0 Å². The minimum absolute atomic E-state index is 0.171. The Morgan fingerprint density at radius 3 is 2.60 bits per heavy atom. The molecule has 1 atom stereocenters. The van der Waals surface area contributed by atoms with Crippen molar-refractivity contribution < 1.29 is 4.79 Å². The number of halogens is 1. The standard InChI is InChI=1S/C16H17BrN2O/c1-11-13(17)8-5-9-15(11)19-16(20)14(18)10-12-6-3-2-4-7-12/h2-9,14H,10,18H2,1H3,(H,19,20). The molecule has 1 amide bonds. The number of nitrogens with one attached hydrogen (secondary N) is 1. The summed E-state index contributed by atoms with van der Waals surface area (Å²) in [6, 6.07) is 14.9. The summed E-state index contributed by atoms with van der Waals surface area (Å²) < 4.78 is 0.965. The molecular weight excluding hydrogens is 316 g/mol. The van der Waals surface area contributed by atoms with Crippen LogP contribution in [0.4, 0.5) is 5.69 Å². The minimum Gasteiger partial charge on any atom is -0.324 e. The molecule has 2 aromatic rings. The van der Waals surface area contributed by atoms with Crippen LogP contribution in [0.3, 0.4) is 0 Å². The van der Waals surface area contributed by atoms with E-state index in [1.54, 1.807) is 0 Å². The van der Waals surface area contributed by atoms with Crippen LogP contribution in [-0.2, 0) is 11.2 Å². The van der Waals surface area contributed by atoms with Gasteiger partial charge in [-0.25, -0.2) is 0 Å². The van der Waals surface area contributed by atoms with E-state index < -0.39 is 6.04 Å². The van der Waals surface area contributed by atoms with Gasteiger partial charge in [0.25, 0.3) is 0 Å². The van der Waals surface area contributed by atoms with Crippen LogP contribution in [0.5, 0.6) is 0 Å². The van der Waals surface area contributed by atoms with Gasteiger partial charge in [-0.1, -0.05) is 52.3 Å². The molecule has 0 aliphatic carbocycles. The Labute approximate surface area is 127 Å². The molecule has 20 heavy (non-hydrogen) atoms. The van der Waals surface area contributed by atoms with E-state index in [0.29, 0.717) is 6.42 Å². The number of amides is 1. The van der Waals surface area contributed by atoms with Gasteiger partial charge in [-0.05, 0) is 36.6 Å². The monoisotopic (exact) mass is 332 g/mol. The number of carbonyl (C=O) groups excluding carboxylic acids is 1. The van der Waals surface area contributed by atoms with Crippen molar-refractivity contribution in [2.24, 2.45) is 5.73 Å². The second kappa shape index (κ2) is 6.68. The highest BCUT2D eigenvalue weighted by molar-refractivity contribution is 9.10. The van der Waals surface area contributed by atoms with Gasteiger partial charge in [0, 0.05) is 10.2 Å². The van der Waals surface area contributed by atoms with E-state index >= 15 is 0 Å². The van der Waals surface area contributed by atoms with Gasteiger partial charge in [0.2, 0.25) is 5.91 Å². The van der Waals surface area contributed by atoms with E-state index in [2.05, 4.69) is 21.2 Å². The molecule has 2 aromatic carbocycles. The smallest absolute Gasteiger partial charge is 0.241 e. The molecule has 0 aliphatic heterocycles. The summed E-state index contributed by atoms with van der Waals surface area (Å²) in [6.45, 7) is 1.95. The topological polar surface area (TPSA) is 55.1 Å². The molecule has 1 unspecified atom stereocenters. The van der Waals surface area contributed by atoms with E-state index in [9.17, 15) is 4.79 Å². The fraction of sp³-hybridized carbons (Fsp3) is 0.188. The number of nitrogens with two attached hydrogens (primary N) is 1. The molecule has 0 saturated heterocycles. The number of hydrogen-bond donors (Lipinski definition) is 2. The number of carbonyl (C=O) groups is 1. The van der Waals surface area contributed by atoms with Gasteiger partial charge in [-0.15, -0.1) is 0 Å². The lowest BCUT2D eigenvalue weighted by molar-refractivity contribution is -0.117. The molecule has 0 bridgehead atoms. The van der Waals surface area contributed by atoms with Crippen LogP contribution in [0.2, 0.25) is 0 Å². The Kier molecular flexibility index (Phi) is 4.93. The van der Waals surface area contributed by atoms with Crippen molar-refractivity contribution in [1.82, 2.24) is 0 Å². The van der Waals surface area contributed by atoms with Crippen LogP contribution in [0, 0.1) is 6.92 Å². The minimum atomic E-state index is -0.559. The highest BCUT2D eigenvalue weighted by Crippen LogP contribution is 2.23. The summed E-state index contributed by atoms with van der Waals surface area (Å²) in [6.07, 6.45) is 0.528. The Hall–Kier alpha value is -1.65. The zero-order valence-corrected chi connectivity index (χ0v) is 12.9. The lowest BCUT2D eigenvalue weighted by Gasteiger charge is -2.14. The van der Waals surface area contributed by atoms with Crippen LogP contribution < -0.4 is 11.1 Å². The van der Waals surface area contributed by atoms with Crippen LogP contribution in [0.15, 0.2) is 53.0 Å². The summed E-state index contributed by atoms with van der Waals surface area (Å²) in [5.74, 6) is -0.171. The van der Waals surface area contributed by atoms with Crippen LogP contribution >= 0.6 is 15.9 Å². The van der Waals surface area contributed by atoms with E-state index in [4.69, 9.17) is 5.73 Å². The van der Waals surface area contributed by atoms with Gasteiger partial charge in [-0.3, -0.25) is 4.79 Å². The third kappa shape index (κ3) is 3.68. The van der Waals surface area contributed by atoms with Crippen LogP contribution in [0.25, 0.3) is 0 Å². The van der Waals surface area contributed by atoms with Crippen molar-refractivity contribution in [2.45, 2.75) is 19.4 Å². The molecule has 104 valence electrons. The molecule has 0 radical (unpaired) electrons. The Morgan fingerprint density at radius 2 is 1.90 bits per heavy atom. The van der Waals surface area contributed by atoms with Crippen molar-refractivity contribution in [3.63, 3.8) is 0 Å². The van der Waals surface area contributed by atoms with Gasteiger partial charge in [0.15, 0.2) is 0 Å². The average Bonchev–Trinajstić information content (AvgIpc) is 2.45. The van der Waals surface area contributed by atoms with Gasteiger partial charge in [0.05, 0.1) is 6.04 Å². The van der Waals surface area contributed by atoms with Crippen LogP contribution in [-0.4, -0.2) is 11.9 Å². The normalized spacial score (nSPS) is 11.9. The molecular formula is C16H17BrN2O. The lowest BCUT2D eigenvalue weighted by Crippen LogP contribution is -2.37. The highest BCUT2D eigenvalue weighted by atomic mass is 79.9. The van der Waals surface area contributed by atoms with Gasteiger partial charge in [-0.2, -0.15) is 0 Å². The molecule has 4 heteroatoms. The van der Waals surface area contributed by atoms with Gasteiger partial charge < -0.3 is 11.1 Å².